The molecule has 2 aromatic rings. The normalized spacial score (nSPS) is 16.1. The van der Waals surface area contributed by atoms with Crippen molar-refractivity contribution in [1.29, 1.82) is 0 Å². The van der Waals surface area contributed by atoms with Crippen molar-refractivity contribution < 1.29 is 9.53 Å². The summed E-state index contributed by atoms with van der Waals surface area (Å²) in [6, 6.07) is 8.07. The highest BCUT2D eigenvalue weighted by Crippen LogP contribution is 2.18. The highest BCUT2D eigenvalue weighted by Gasteiger charge is 2.18. The first-order valence-corrected chi connectivity index (χ1v) is 6.25. The number of morpholine rings is 1. The van der Waals surface area contributed by atoms with Crippen molar-refractivity contribution >= 4 is 16.8 Å². The Morgan fingerprint density at radius 1 is 1.28 bits per heavy atom. The lowest BCUT2D eigenvalue weighted by molar-refractivity contribution is -0.134. The number of fused-ring (bicyclic) bond motifs is 1. The van der Waals surface area contributed by atoms with Crippen LogP contribution in [-0.4, -0.2) is 42.1 Å². The van der Waals surface area contributed by atoms with E-state index in [-0.39, 0.29) is 5.91 Å². The summed E-state index contributed by atoms with van der Waals surface area (Å²) in [6.45, 7) is 2.72. The van der Waals surface area contributed by atoms with Crippen LogP contribution in [0.25, 0.3) is 10.9 Å². The first kappa shape index (κ1) is 11.3. The largest absolute Gasteiger partial charge is 0.378 e. The number of aromatic nitrogens is 1. The zero-order valence-corrected chi connectivity index (χ0v) is 10.2. The molecule has 3 rings (SSSR count). The monoisotopic (exact) mass is 244 g/mol. The number of rotatable bonds is 2. The fourth-order valence-corrected chi connectivity index (χ4v) is 2.37. The van der Waals surface area contributed by atoms with Gasteiger partial charge in [-0.25, -0.2) is 0 Å². The number of carbonyl (C=O) groups excluding carboxylic acids is 1. The third-order valence-electron chi connectivity index (χ3n) is 3.38. The molecule has 0 aliphatic carbocycles. The average Bonchev–Trinajstić information content (AvgIpc) is 2.83. The Morgan fingerprint density at radius 3 is 2.89 bits per heavy atom. The number of ether oxygens (including phenoxy) is 1. The van der Waals surface area contributed by atoms with E-state index in [1.165, 1.54) is 0 Å². The maximum atomic E-state index is 12.2. The lowest BCUT2D eigenvalue weighted by Crippen LogP contribution is -2.41. The van der Waals surface area contributed by atoms with Crippen LogP contribution >= 0.6 is 0 Å². The van der Waals surface area contributed by atoms with Crippen molar-refractivity contribution in [2.75, 3.05) is 26.3 Å². The minimum Gasteiger partial charge on any atom is -0.378 e. The SMILES string of the molecule is O=C(Cc1c[nH]c2ccccc12)N1CCOCC1. The number of amides is 1. The first-order chi connectivity index (χ1) is 8.84. The smallest absolute Gasteiger partial charge is 0.227 e. The van der Waals surface area contributed by atoms with Gasteiger partial charge in [0.1, 0.15) is 0 Å². The van der Waals surface area contributed by atoms with Crippen LogP contribution in [0.5, 0.6) is 0 Å². The number of nitrogens with one attached hydrogen (secondary N) is 1. The molecule has 0 saturated carbocycles. The van der Waals surface area contributed by atoms with E-state index in [0.29, 0.717) is 32.7 Å². The van der Waals surface area contributed by atoms with E-state index in [1.807, 2.05) is 35.4 Å². The van der Waals surface area contributed by atoms with Gasteiger partial charge >= 0.3 is 0 Å². The van der Waals surface area contributed by atoms with Crippen molar-refractivity contribution in [1.82, 2.24) is 9.88 Å². The zero-order valence-electron chi connectivity index (χ0n) is 10.2. The van der Waals surface area contributed by atoms with E-state index in [0.717, 1.165) is 16.5 Å². The molecular weight excluding hydrogens is 228 g/mol. The number of H-pyrrole nitrogens is 1. The summed E-state index contributed by atoms with van der Waals surface area (Å²) in [5.41, 5.74) is 2.16. The van der Waals surface area contributed by atoms with Crippen molar-refractivity contribution in [2.24, 2.45) is 0 Å². The van der Waals surface area contributed by atoms with Gasteiger partial charge in [-0.2, -0.15) is 0 Å². The van der Waals surface area contributed by atoms with Crippen LogP contribution in [0.3, 0.4) is 0 Å². The van der Waals surface area contributed by atoms with Crippen LogP contribution in [0, 0.1) is 0 Å². The van der Waals surface area contributed by atoms with Crippen molar-refractivity contribution in [3.63, 3.8) is 0 Å². The van der Waals surface area contributed by atoms with E-state index < -0.39 is 0 Å². The Labute approximate surface area is 106 Å². The van der Waals surface area contributed by atoms with Crippen molar-refractivity contribution in [2.45, 2.75) is 6.42 Å². The maximum absolute atomic E-state index is 12.2. The molecule has 1 aromatic carbocycles. The Hall–Kier alpha value is -1.81. The zero-order chi connectivity index (χ0) is 12.4. The number of aromatic amines is 1. The number of para-hydroxylation sites is 1. The van der Waals surface area contributed by atoms with Gasteiger partial charge in [0.25, 0.3) is 0 Å². The number of carbonyl (C=O) groups is 1. The summed E-state index contributed by atoms with van der Waals surface area (Å²) >= 11 is 0. The summed E-state index contributed by atoms with van der Waals surface area (Å²) in [7, 11) is 0. The van der Waals surface area contributed by atoms with Crippen LogP contribution in [0.1, 0.15) is 5.56 Å². The van der Waals surface area contributed by atoms with Crippen LogP contribution in [0.2, 0.25) is 0 Å². The minimum atomic E-state index is 0.183. The van der Waals surface area contributed by atoms with Gasteiger partial charge in [0.05, 0.1) is 19.6 Å². The molecule has 1 saturated heterocycles. The molecule has 1 N–H and O–H groups in total. The predicted molar refractivity (Wildman–Crippen MR) is 69.4 cm³/mol. The molecule has 94 valence electrons. The van der Waals surface area contributed by atoms with E-state index in [1.54, 1.807) is 0 Å². The highest BCUT2D eigenvalue weighted by molar-refractivity contribution is 5.88. The van der Waals surface area contributed by atoms with Crippen molar-refractivity contribution in [3.05, 3.63) is 36.0 Å². The molecule has 1 aliphatic rings. The highest BCUT2D eigenvalue weighted by atomic mass is 16.5. The van der Waals surface area contributed by atoms with Gasteiger partial charge in [-0.05, 0) is 11.6 Å². The standard InChI is InChI=1S/C14H16N2O2/c17-14(16-5-7-18-8-6-16)9-11-10-15-13-4-2-1-3-12(11)13/h1-4,10,15H,5-9H2. The molecule has 0 bridgehead atoms. The number of hydrogen-bond acceptors (Lipinski definition) is 2. The minimum absolute atomic E-state index is 0.183. The Balaban J connectivity index is 1.77. The summed E-state index contributed by atoms with van der Waals surface area (Å²) in [4.78, 5) is 17.2. The van der Waals surface area contributed by atoms with Gasteiger partial charge in [0.2, 0.25) is 5.91 Å². The number of nitrogens with zero attached hydrogens (tertiary/aromatic N) is 1. The fraction of sp³-hybridized carbons (Fsp3) is 0.357. The van der Waals surface area contributed by atoms with E-state index in [2.05, 4.69) is 4.98 Å². The predicted octanol–water partition coefficient (Wildman–Crippen LogP) is 1.57. The molecule has 0 unspecified atom stereocenters. The third kappa shape index (κ3) is 2.11. The van der Waals surface area contributed by atoms with Gasteiger partial charge in [0, 0.05) is 30.2 Å². The lowest BCUT2D eigenvalue weighted by atomic mass is 10.1. The second-order valence-corrected chi connectivity index (χ2v) is 4.53. The van der Waals surface area contributed by atoms with Crippen LogP contribution in [-0.2, 0) is 16.0 Å². The molecule has 1 amide bonds. The third-order valence-corrected chi connectivity index (χ3v) is 3.38. The second-order valence-electron chi connectivity index (χ2n) is 4.53. The number of benzene rings is 1. The molecule has 2 heterocycles. The molecule has 0 atom stereocenters. The number of hydrogen-bond donors (Lipinski definition) is 1. The Bertz CT molecular complexity index is 556. The Morgan fingerprint density at radius 2 is 2.06 bits per heavy atom. The van der Waals surface area contributed by atoms with Crippen LogP contribution in [0.15, 0.2) is 30.5 Å². The van der Waals surface area contributed by atoms with Crippen LogP contribution in [0.4, 0.5) is 0 Å². The van der Waals surface area contributed by atoms with Crippen LogP contribution < -0.4 is 0 Å². The van der Waals surface area contributed by atoms with Gasteiger partial charge in [-0.3, -0.25) is 4.79 Å². The molecule has 4 heteroatoms. The first-order valence-electron chi connectivity index (χ1n) is 6.25. The fourth-order valence-electron chi connectivity index (χ4n) is 2.37. The molecule has 4 nitrogen and oxygen atoms in total. The molecular formula is C14H16N2O2. The topological polar surface area (TPSA) is 45.3 Å². The molecule has 1 aromatic heterocycles. The summed E-state index contributed by atoms with van der Waals surface area (Å²) in [5, 5.41) is 1.14. The quantitative estimate of drug-likeness (QED) is 0.871. The molecule has 0 spiro atoms. The molecule has 18 heavy (non-hydrogen) atoms. The van der Waals surface area contributed by atoms with Gasteiger partial charge < -0.3 is 14.6 Å². The molecule has 1 aliphatic heterocycles. The summed E-state index contributed by atoms with van der Waals surface area (Å²) in [6.07, 6.45) is 2.40. The van der Waals surface area contributed by atoms with Crippen molar-refractivity contribution in [3.8, 4) is 0 Å². The molecule has 0 radical (unpaired) electrons. The van der Waals surface area contributed by atoms with Gasteiger partial charge in [-0.1, -0.05) is 18.2 Å². The van der Waals surface area contributed by atoms with E-state index in [4.69, 9.17) is 4.74 Å². The maximum Gasteiger partial charge on any atom is 0.227 e. The second kappa shape index (κ2) is 4.82. The summed E-state index contributed by atoms with van der Waals surface area (Å²) in [5.74, 6) is 0.183. The van der Waals surface area contributed by atoms with E-state index in [9.17, 15) is 4.79 Å². The summed E-state index contributed by atoms with van der Waals surface area (Å²) < 4.78 is 5.26. The van der Waals surface area contributed by atoms with Gasteiger partial charge in [-0.15, -0.1) is 0 Å². The van der Waals surface area contributed by atoms with Gasteiger partial charge in [0.15, 0.2) is 0 Å². The average molecular weight is 244 g/mol. The lowest BCUT2D eigenvalue weighted by Gasteiger charge is -2.26. The Kier molecular flexibility index (Phi) is 3.02. The molecule has 1 fully saturated rings. The van der Waals surface area contributed by atoms with E-state index >= 15 is 0 Å².